The fourth-order valence-corrected chi connectivity index (χ4v) is 1.75. The number of rotatable bonds is 2. The Morgan fingerprint density at radius 1 is 1.15 bits per heavy atom. The monoisotopic (exact) mass is 283 g/mol. The summed E-state index contributed by atoms with van der Waals surface area (Å²) in [6.07, 6.45) is -4.65. The second-order valence-electron chi connectivity index (χ2n) is 4.20. The molecular formula is C13H12F3N3O. The third-order valence-electron chi connectivity index (χ3n) is 2.63. The Bertz CT molecular complexity index is 641. The van der Waals surface area contributed by atoms with Crippen LogP contribution in [-0.4, -0.2) is 17.1 Å². The van der Waals surface area contributed by atoms with Crippen molar-refractivity contribution in [3.63, 3.8) is 0 Å². The Labute approximate surface area is 113 Å². The summed E-state index contributed by atoms with van der Waals surface area (Å²) in [5.41, 5.74) is 6.81. The van der Waals surface area contributed by atoms with Crippen LogP contribution in [0.4, 0.5) is 19.0 Å². The molecule has 0 aliphatic carbocycles. The number of nitrogens with zero attached hydrogens (tertiary/aromatic N) is 2. The summed E-state index contributed by atoms with van der Waals surface area (Å²) < 4.78 is 43.3. The van der Waals surface area contributed by atoms with Gasteiger partial charge < -0.3 is 10.5 Å². The molecule has 0 amide bonds. The molecular weight excluding hydrogens is 271 g/mol. The molecule has 0 aliphatic heterocycles. The minimum Gasteiger partial charge on any atom is -0.496 e. The average Bonchev–Trinajstić information content (AvgIpc) is 2.37. The molecule has 0 aliphatic rings. The zero-order chi connectivity index (χ0) is 14.9. The van der Waals surface area contributed by atoms with E-state index in [1.165, 1.54) is 13.2 Å². The van der Waals surface area contributed by atoms with Gasteiger partial charge in [0.05, 0.1) is 12.8 Å². The summed E-state index contributed by atoms with van der Waals surface area (Å²) in [5.74, 6) is -1.09. The Balaban J connectivity index is 2.64. The molecule has 0 fully saturated rings. The molecule has 0 saturated carbocycles. The van der Waals surface area contributed by atoms with Gasteiger partial charge in [-0.15, -0.1) is 0 Å². The molecule has 0 unspecified atom stereocenters. The molecule has 4 nitrogen and oxygen atoms in total. The van der Waals surface area contributed by atoms with Crippen molar-refractivity contribution in [3.8, 4) is 17.0 Å². The molecule has 2 aromatic rings. The summed E-state index contributed by atoms with van der Waals surface area (Å²) >= 11 is 0. The van der Waals surface area contributed by atoms with Crippen molar-refractivity contribution < 1.29 is 17.9 Å². The van der Waals surface area contributed by atoms with Crippen LogP contribution >= 0.6 is 0 Å². The van der Waals surface area contributed by atoms with Crippen LogP contribution in [0.15, 0.2) is 24.3 Å². The second-order valence-corrected chi connectivity index (χ2v) is 4.20. The molecule has 0 radical (unpaired) electrons. The summed E-state index contributed by atoms with van der Waals surface area (Å²) in [4.78, 5) is 6.74. The van der Waals surface area contributed by atoms with Gasteiger partial charge in [0, 0.05) is 11.6 Å². The largest absolute Gasteiger partial charge is 0.496 e. The van der Waals surface area contributed by atoms with E-state index in [0.717, 1.165) is 5.56 Å². The summed E-state index contributed by atoms with van der Waals surface area (Å²) in [6.45, 7) is 1.82. The topological polar surface area (TPSA) is 61.0 Å². The molecule has 2 rings (SSSR count). The van der Waals surface area contributed by atoms with Crippen LogP contribution in [-0.2, 0) is 6.18 Å². The number of methoxy groups -OCH3 is 1. The van der Waals surface area contributed by atoms with Crippen molar-refractivity contribution in [1.82, 2.24) is 9.97 Å². The Kier molecular flexibility index (Phi) is 3.52. The van der Waals surface area contributed by atoms with Gasteiger partial charge in [-0.1, -0.05) is 11.6 Å². The number of hydrogen-bond acceptors (Lipinski definition) is 4. The molecule has 20 heavy (non-hydrogen) atoms. The fourth-order valence-electron chi connectivity index (χ4n) is 1.75. The van der Waals surface area contributed by atoms with Gasteiger partial charge in [-0.2, -0.15) is 13.2 Å². The lowest BCUT2D eigenvalue weighted by Gasteiger charge is -2.12. The van der Waals surface area contributed by atoms with Gasteiger partial charge in [-0.25, -0.2) is 9.97 Å². The van der Waals surface area contributed by atoms with E-state index in [0.29, 0.717) is 11.3 Å². The van der Waals surface area contributed by atoms with Gasteiger partial charge >= 0.3 is 6.18 Å². The lowest BCUT2D eigenvalue weighted by molar-refractivity contribution is -0.144. The average molecular weight is 283 g/mol. The maximum Gasteiger partial charge on any atom is 0.451 e. The molecule has 0 saturated heterocycles. The first-order valence-corrected chi connectivity index (χ1v) is 5.68. The first kappa shape index (κ1) is 14.1. The first-order valence-electron chi connectivity index (χ1n) is 5.68. The Morgan fingerprint density at radius 2 is 1.85 bits per heavy atom. The highest BCUT2D eigenvalue weighted by Crippen LogP contribution is 2.33. The smallest absolute Gasteiger partial charge is 0.451 e. The SMILES string of the molecule is COc1ccc(C)cc1-c1cc(N)nc(C(F)(F)F)n1. The minimum absolute atomic E-state index is 0.0744. The van der Waals surface area contributed by atoms with Crippen LogP contribution in [0.3, 0.4) is 0 Å². The predicted octanol–water partition coefficient (Wildman–Crippen LogP) is 3.06. The quantitative estimate of drug-likeness (QED) is 0.920. The standard InChI is InChI=1S/C13H12F3N3O/c1-7-3-4-10(20-2)8(5-7)9-6-11(17)19-12(18-9)13(14,15)16/h3-6H,1-2H3,(H2,17,18,19). The highest BCUT2D eigenvalue weighted by molar-refractivity contribution is 5.69. The van der Waals surface area contributed by atoms with E-state index in [9.17, 15) is 13.2 Å². The number of nitrogens with two attached hydrogens (primary N) is 1. The number of halogens is 3. The van der Waals surface area contributed by atoms with Crippen molar-refractivity contribution in [1.29, 1.82) is 0 Å². The van der Waals surface area contributed by atoms with E-state index in [2.05, 4.69) is 9.97 Å². The molecule has 1 aromatic carbocycles. The number of ether oxygens (including phenoxy) is 1. The number of nitrogen functional groups attached to an aromatic ring is 1. The van der Waals surface area contributed by atoms with E-state index in [4.69, 9.17) is 10.5 Å². The lowest BCUT2D eigenvalue weighted by Crippen LogP contribution is -2.13. The molecule has 1 heterocycles. The van der Waals surface area contributed by atoms with Gasteiger partial charge in [0.2, 0.25) is 5.82 Å². The summed E-state index contributed by atoms with van der Waals surface area (Å²) in [7, 11) is 1.43. The van der Waals surface area contributed by atoms with Gasteiger partial charge in [-0.3, -0.25) is 0 Å². The van der Waals surface area contributed by atoms with Crippen LogP contribution in [0.2, 0.25) is 0 Å². The van der Waals surface area contributed by atoms with E-state index < -0.39 is 12.0 Å². The van der Waals surface area contributed by atoms with E-state index in [1.54, 1.807) is 18.2 Å². The normalized spacial score (nSPS) is 11.4. The highest BCUT2D eigenvalue weighted by atomic mass is 19.4. The molecule has 2 N–H and O–H groups in total. The van der Waals surface area contributed by atoms with Crippen LogP contribution in [0, 0.1) is 6.92 Å². The van der Waals surface area contributed by atoms with Gasteiger partial charge in [0.1, 0.15) is 11.6 Å². The van der Waals surface area contributed by atoms with E-state index in [1.807, 2.05) is 6.92 Å². The third kappa shape index (κ3) is 2.81. The predicted molar refractivity (Wildman–Crippen MR) is 68.2 cm³/mol. The number of aromatic nitrogens is 2. The highest BCUT2D eigenvalue weighted by Gasteiger charge is 2.35. The summed E-state index contributed by atoms with van der Waals surface area (Å²) in [6, 6.07) is 6.42. The second kappa shape index (κ2) is 4.99. The van der Waals surface area contributed by atoms with Crippen molar-refractivity contribution in [2.75, 3.05) is 12.8 Å². The maximum atomic E-state index is 12.7. The maximum absolute atomic E-state index is 12.7. The minimum atomic E-state index is -4.65. The van der Waals surface area contributed by atoms with E-state index >= 15 is 0 Å². The van der Waals surface area contributed by atoms with Gasteiger partial charge in [0.15, 0.2) is 0 Å². The molecule has 0 atom stereocenters. The van der Waals surface area contributed by atoms with Crippen LogP contribution in [0.5, 0.6) is 5.75 Å². The Hall–Kier alpha value is -2.31. The van der Waals surface area contributed by atoms with E-state index in [-0.39, 0.29) is 11.5 Å². The first-order chi connectivity index (χ1) is 9.31. The fraction of sp³-hybridized carbons (Fsp3) is 0.231. The van der Waals surface area contributed by atoms with Crippen LogP contribution in [0.25, 0.3) is 11.3 Å². The van der Waals surface area contributed by atoms with Crippen LogP contribution < -0.4 is 10.5 Å². The number of benzene rings is 1. The van der Waals surface area contributed by atoms with Crippen molar-refractivity contribution in [3.05, 3.63) is 35.7 Å². The van der Waals surface area contributed by atoms with Crippen molar-refractivity contribution in [2.24, 2.45) is 0 Å². The van der Waals surface area contributed by atoms with Crippen LogP contribution in [0.1, 0.15) is 11.4 Å². The lowest BCUT2D eigenvalue weighted by atomic mass is 10.1. The molecule has 0 spiro atoms. The van der Waals surface area contributed by atoms with Crippen molar-refractivity contribution in [2.45, 2.75) is 13.1 Å². The Morgan fingerprint density at radius 3 is 2.45 bits per heavy atom. The number of hydrogen-bond donors (Lipinski definition) is 1. The van der Waals surface area contributed by atoms with Crippen molar-refractivity contribution >= 4 is 5.82 Å². The number of anilines is 1. The van der Waals surface area contributed by atoms with Gasteiger partial charge in [0.25, 0.3) is 0 Å². The number of aryl methyl sites for hydroxylation is 1. The molecule has 106 valence electrons. The summed E-state index contributed by atoms with van der Waals surface area (Å²) in [5, 5.41) is 0. The molecule has 1 aromatic heterocycles. The molecule has 0 bridgehead atoms. The number of alkyl halides is 3. The zero-order valence-corrected chi connectivity index (χ0v) is 10.8. The zero-order valence-electron chi connectivity index (χ0n) is 10.8. The molecule has 7 heteroatoms. The van der Waals surface area contributed by atoms with Gasteiger partial charge in [-0.05, 0) is 19.1 Å². The third-order valence-corrected chi connectivity index (χ3v) is 2.63.